The van der Waals surface area contributed by atoms with Crippen molar-refractivity contribution in [2.45, 2.75) is 6.42 Å². The van der Waals surface area contributed by atoms with Crippen LogP contribution in [0.3, 0.4) is 0 Å². The minimum absolute atomic E-state index is 0.0239. The van der Waals surface area contributed by atoms with E-state index in [0.29, 0.717) is 18.1 Å². The van der Waals surface area contributed by atoms with Crippen molar-refractivity contribution >= 4 is 17.2 Å². The van der Waals surface area contributed by atoms with Crippen LogP contribution < -0.4 is 10.5 Å². The van der Waals surface area contributed by atoms with E-state index in [0.717, 1.165) is 6.42 Å². The van der Waals surface area contributed by atoms with Gasteiger partial charge in [0.15, 0.2) is 0 Å². The van der Waals surface area contributed by atoms with E-state index >= 15 is 0 Å². The first-order valence-electron chi connectivity index (χ1n) is 5.22. The number of aromatic nitrogens is 1. The number of hydrogen-bond acceptors (Lipinski definition) is 4. The maximum absolute atomic E-state index is 7.41. The number of hydrogen-bond donors (Lipinski definition) is 2. The fourth-order valence-corrected chi connectivity index (χ4v) is 2.10. The molecular formula is C12H13N3OS. The summed E-state index contributed by atoms with van der Waals surface area (Å²) in [7, 11) is 0. The molecule has 0 unspecified atom stereocenters. The number of pyridine rings is 1. The molecule has 0 bridgehead atoms. The highest BCUT2D eigenvalue weighted by atomic mass is 32.1. The van der Waals surface area contributed by atoms with Gasteiger partial charge in [-0.05, 0) is 23.6 Å². The summed E-state index contributed by atoms with van der Waals surface area (Å²) in [6.45, 7) is 0.539. The van der Waals surface area contributed by atoms with Crippen LogP contribution >= 0.6 is 11.3 Å². The summed E-state index contributed by atoms with van der Waals surface area (Å²) >= 11 is 1.70. The number of nitrogen functional groups attached to an aromatic ring is 1. The van der Waals surface area contributed by atoms with E-state index < -0.39 is 0 Å². The van der Waals surface area contributed by atoms with E-state index in [1.165, 1.54) is 4.88 Å². The van der Waals surface area contributed by atoms with E-state index in [1.807, 2.05) is 11.4 Å². The number of amidine groups is 1. The van der Waals surface area contributed by atoms with Crippen LogP contribution in [0.1, 0.15) is 10.4 Å². The largest absolute Gasteiger partial charge is 0.477 e. The molecule has 17 heavy (non-hydrogen) atoms. The highest BCUT2D eigenvalue weighted by Gasteiger charge is 2.07. The highest BCUT2D eigenvalue weighted by Crippen LogP contribution is 2.15. The molecule has 0 amide bonds. The minimum Gasteiger partial charge on any atom is -0.477 e. The normalized spacial score (nSPS) is 10.1. The molecule has 0 aromatic carbocycles. The van der Waals surface area contributed by atoms with Crippen molar-refractivity contribution in [3.63, 3.8) is 0 Å². The van der Waals surface area contributed by atoms with Gasteiger partial charge in [0.1, 0.15) is 5.84 Å². The number of rotatable bonds is 5. The van der Waals surface area contributed by atoms with Gasteiger partial charge in [0.05, 0.1) is 12.2 Å². The minimum atomic E-state index is -0.0239. The third-order valence-electron chi connectivity index (χ3n) is 2.23. The average Bonchev–Trinajstić information content (AvgIpc) is 2.82. The zero-order valence-electron chi connectivity index (χ0n) is 9.22. The summed E-state index contributed by atoms with van der Waals surface area (Å²) in [6, 6.07) is 7.55. The van der Waals surface area contributed by atoms with Crippen molar-refractivity contribution in [1.29, 1.82) is 5.41 Å². The molecule has 2 rings (SSSR count). The lowest BCUT2D eigenvalue weighted by Crippen LogP contribution is -2.14. The molecule has 0 radical (unpaired) electrons. The lowest BCUT2D eigenvalue weighted by molar-refractivity contribution is 0.310. The molecule has 3 N–H and O–H groups in total. The molecule has 0 saturated heterocycles. The van der Waals surface area contributed by atoms with Crippen molar-refractivity contribution in [1.82, 2.24) is 4.98 Å². The van der Waals surface area contributed by atoms with Gasteiger partial charge < -0.3 is 10.5 Å². The quantitative estimate of drug-likeness (QED) is 0.627. The number of nitrogens with two attached hydrogens (primary N) is 1. The molecule has 2 aromatic heterocycles. The Labute approximate surface area is 104 Å². The Hall–Kier alpha value is -1.88. The average molecular weight is 247 g/mol. The monoisotopic (exact) mass is 247 g/mol. The van der Waals surface area contributed by atoms with Gasteiger partial charge >= 0.3 is 0 Å². The SMILES string of the molecule is N=C(N)c1cccnc1OCCc1cccs1. The zero-order valence-corrected chi connectivity index (χ0v) is 10.0. The summed E-state index contributed by atoms with van der Waals surface area (Å²) < 4.78 is 5.55. The van der Waals surface area contributed by atoms with Gasteiger partial charge in [-0.25, -0.2) is 4.98 Å². The first kappa shape index (κ1) is 11.6. The van der Waals surface area contributed by atoms with Crippen LogP contribution in [-0.4, -0.2) is 17.4 Å². The molecule has 0 aliphatic carbocycles. The van der Waals surface area contributed by atoms with E-state index in [9.17, 15) is 0 Å². The second-order valence-electron chi connectivity index (χ2n) is 3.45. The predicted molar refractivity (Wildman–Crippen MR) is 68.8 cm³/mol. The van der Waals surface area contributed by atoms with E-state index in [-0.39, 0.29) is 5.84 Å². The zero-order chi connectivity index (χ0) is 12.1. The number of thiophene rings is 1. The first-order chi connectivity index (χ1) is 8.27. The van der Waals surface area contributed by atoms with E-state index in [4.69, 9.17) is 15.9 Å². The molecule has 0 spiro atoms. The van der Waals surface area contributed by atoms with Crippen molar-refractivity contribution in [3.8, 4) is 5.88 Å². The van der Waals surface area contributed by atoms with E-state index in [2.05, 4.69) is 11.1 Å². The molecule has 2 heterocycles. The Kier molecular flexibility index (Phi) is 3.72. The fourth-order valence-electron chi connectivity index (χ4n) is 1.41. The number of ether oxygens (including phenoxy) is 1. The molecule has 0 aliphatic heterocycles. The third kappa shape index (κ3) is 3.04. The maximum atomic E-state index is 7.41. The van der Waals surface area contributed by atoms with Crippen molar-refractivity contribution in [3.05, 3.63) is 46.3 Å². The molecular weight excluding hydrogens is 234 g/mol. The number of nitrogens with one attached hydrogen (secondary N) is 1. The van der Waals surface area contributed by atoms with Gasteiger partial charge in [0.25, 0.3) is 0 Å². The van der Waals surface area contributed by atoms with E-state index in [1.54, 1.807) is 29.7 Å². The van der Waals surface area contributed by atoms with Crippen LogP contribution in [-0.2, 0) is 6.42 Å². The Morgan fingerprint density at radius 1 is 1.41 bits per heavy atom. The van der Waals surface area contributed by atoms with Crippen LogP contribution in [0.15, 0.2) is 35.8 Å². The second kappa shape index (κ2) is 5.45. The molecule has 4 nitrogen and oxygen atoms in total. The van der Waals surface area contributed by atoms with Gasteiger partial charge in [-0.3, -0.25) is 5.41 Å². The van der Waals surface area contributed by atoms with Gasteiger partial charge in [0, 0.05) is 17.5 Å². The van der Waals surface area contributed by atoms with Crippen LogP contribution in [0, 0.1) is 5.41 Å². The lowest BCUT2D eigenvalue weighted by Gasteiger charge is -2.08. The smallest absolute Gasteiger partial charge is 0.224 e. The van der Waals surface area contributed by atoms with Gasteiger partial charge in [-0.1, -0.05) is 6.07 Å². The maximum Gasteiger partial charge on any atom is 0.224 e. The highest BCUT2D eigenvalue weighted by molar-refractivity contribution is 7.09. The fraction of sp³-hybridized carbons (Fsp3) is 0.167. The first-order valence-corrected chi connectivity index (χ1v) is 6.10. The van der Waals surface area contributed by atoms with Crippen LogP contribution in [0.2, 0.25) is 0 Å². The lowest BCUT2D eigenvalue weighted by atomic mass is 10.2. The Bertz CT molecular complexity index is 496. The van der Waals surface area contributed by atoms with Gasteiger partial charge in [-0.15, -0.1) is 11.3 Å². The Morgan fingerprint density at radius 2 is 2.29 bits per heavy atom. The van der Waals surface area contributed by atoms with Crippen molar-refractivity contribution in [2.24, 2.45) is 5.73 Å². The molecule has 5 heteroatoms. The summed E-state index contributed by atoms with van der Waals surface area (Å²) in [5.41, 5.74) is 5.99. The topological polar surface area (TPSA) is 72.0 Å². The Balaban J connectivity index is 1.97. The van der Waals surface area contributed by atoms with Crippen LogP contribution in [0.4, 0.5) is 0 Å². The Morgan fingerprint density at radius 3 is 3.00 bits per heavy atom. The third-order valence-corrected chi connectivity index (χ3v) is 3.16. The van der Waals surface area contributed by atoms with Gasteiger partial charge in [0.2, 0.25) is 5.88 Å². The molecule has 2 aromatic rings. The summed E-state index contributed by atoms with van der Waals surface area (Å²) in [5, 5.41) is 9.45. The van der Waals surface area contributed by atoms with Crippen molar-refractivity contribution < 1.29 is 4.74 Å². The summed E-state index contributed by atoms with van der Waals surface area (Å²) in [6.07, 6.45) is 2.47. The summed E-state index contributed by atoms with van der Waals surface area (Å²) in [4.78, 5) is 5.35. The number of nitrogens with zero attached hydrogens (tertiary/aromatic N) is 1. The summed E-state index contributed by atoms with van der Waals surface area (Å²) in [5.74, 6) is 0.403. The van der Waals surface area contributed by atoms with Crippen molar-refractivity contribution in [2.75, 3.05) is 6.61 Å². The molecule has 0 saturated carbocycles. The van der Waals surface area contributed by atoms with Gasteiger partial charge in [-0.2, -0.15) is 0 Å². The molecule has 0 aliphatic rings. The molecule has 0 fully saturated rings. The van der Waals surface area contributed by atoms with Crippen LogP contribution in [0.5, 0.6) is 5.88 Å². The molecule has 0 atom stereocenters. The second-order valence-corrected chi connectivity index (χ2v) is 4.48. The van der Waals surface area contributed by atoms with Crippen LogP contribution in [0.25, 0.3) is 0 Å². The predicted octanol–water partition coefficient (Wildman–Crippen LogP) is 2.05. The standard InChI is InChI=1S/C12H13N3OS/c13-11(14)10-4-1-6-15-12(10)16-7-5-9-3-2-8-17-9/h1-4,6,8H,5,7H2,(H3,13,14). The molecule has 88 valence electrons.